The van der Waals surface area contributed by atoms with Crippen LogP contribution in [0.5, 0.6) is 17.2 Å². The molecule has 1 N–H and O–H groups in total. The van der Waals surface area contributed by atoms with Gasteiger partial charge in [-0.15, -0.1) is 0 Å². The minimum atomic E-state index is -0.489. The molecule has 5 nitrogen and oxygen atoms in total. The highest BCUT2D eigenvalue weighted by molar-refractivity contribution is 5.52. The maximum absolute atomic E-state index is 14.1. The van der Waals surface area contributed by atoms with Crippen LogP contribution in [0.4, 0.5) is 4.39 Å². The standard InChI is InChI=1S/C21H27FN2O3/c1-25-20-12-17(18(14-22)24-10-8-23-9-11-24)19(13-21(20)26-2)27-15-16-6-4-3-5-7-16/h3-7,12-13,18,23H,8-11,14-15H2,1-2H3/t18-/m1/s1. The molecule has 0 radical (unpaired) electrons. The predicted octanol–water partition coefficient (Wildman–Crippen LogP) is 3.20. The Morgan fingerprint density at radius 1 is 1.00 bits per heavy atom. The zero-order chi connectivity index (χ0) is 19.1. The van der Waals surface area contributed by atoms with Gasteiger partial charge in [-0.25, -0.2) is 4.39 Å². The van der Waals surface area contributed by atoms with Crippen LogP contribution in [-0.2, 0) is 6.61 Å². The third kappa shape index (κ3) is 4.70. The highest BCUT2D eigenvalue weighted by atomic mass is 19.1. The molecule has 27 heavy (non-hydrogen) atoms. The number of methoxy groups -OCH3 is 2. The predicted molar refractivity (Wildman–Crippen MR) is 103 cm³/mol. The molecule has 0 aromatic heterocycles. The fraction of sp³-hybridized carbons (Fsp3) is 0.429. The van der Waals surface area contributed by atoms with Crippen LogP contribution in [0.15, 0.2) is 42.5 Å². The topological polar surface area (TPSA) is 43.0 Å². The van der Waals surface area contributed by atoms with Crippen molar-refractivity contribution in [2.24, 2.45) is 0 Å². The zero-order valence-electron chi connectivity index (χ0n) is 15.9. The van der Waals surface area contributed by atoms with Crippen molar-refractivity contribution in [1.29, 1.82) is 0 Å². The molecule has 0 saturated carbocycles. The summed E-state index contributed by atoms with van der Waals surface area (Å²) in [5.41, 5.74) is 1.84. The Labute approximate surface area is 160 Å². The van der Waals surface area contributed by atoms with Gasteiger partial charge in [-0.2, -0.15) is 0 Å². The molecule has 1 fully saturated rings. The first-order chi connectivity index (χ1) is 13.3. The van der Waals surface area contributed by atoms with E-state index in [9.17, 15) is 4.39 Å². The van der Waals surface area contributed by atoms with Crippen molar-refractivity contribution in [3.8, 4) is 17.2 Å². The fourth-order valence-corrected chi connectivity index (χ4v) is 3.37. The van der Waals surface area contributed by atoms with Gasteiger partial charge in [-0.3, -0.25) is 4.90 Å². The van der Waals surface area contributed by atoms with E-state index < -0.39 is 6.67 Å². The number of nitrogens with one attached hydrogen (secondary N) is 1. The first-order valence-electron chi connectivity index (χ1n) is 9.20. The third-order valence-corrected chi connectivity index (χ3v) is 4.85. The monoisotopic (exact) mass is 374 g/mol. The molecule has 0 amide bonds. The third-order valence-electron chi connectivity index (χ3n) is 4.85. The summed E-state index contributed by atoms with van der Waals surface area (Å²) in [4.78, 5) is 2.15. The summed E-state index contributed by atoms with van der Waals surface area (Å²) in [5, 5.41) is 3.31. The molecule has 1 saturated heterocycles. The van der Waals surface area contributed by atoms with Crippen molar-refractivity contribution in [2.45, 2.75) is 12.6 Å². The minimum absolute atomic E-state index is 0.377. The Morgan fingerprint density at radius 3 is 2.30 bits per heavy atom. The summed E-state index contributed by atoms with van der Waals surface area (Å²) >= 11 is 0. The molecule has 1 aliphatic heterocycles. The van der Waals surface area contributed by atoms with Crippen molar-refractivity contribution in [1.82, 2.24) is 10.2 Å². The van der Waals surface area contributed by atoms with Gasteiger partial charge in [0, 0.05) is 37.8 Å². The molecule has 146 valence electrons. The number of benzene rings is 2. The maximum Gasteiger partial charge on any atom is 0.164 e. The Kier molecular flexibility index (Phi) is 6.90. The van der Waals surface area contributed by atoms with Gasteiger partial charge in [0.05, 0.1) is 20.3 Å². The molecule has 1 atom stereocenters. The Balaban J connectivity index is 1.93. The number of piperazine rings is 1. The summed E-state index contributed by atoms with van der Waals surface area (Å²) in [5.74, 6) is 1.77. The van der Waals surface area contributed by atoms with Crippen molar-refractivity contribution in [2.75, 3.05) is 47.1 Å². The second-order valence-electron chi connectivity index (χ2n) is 6.48. The van der Waals surface area contributed by atoms with E-state index in [0.717, 1.165) is 37.3 Å². The van der Waals surface area contributed by atoms with Gasteiger partial charge in [-0.05, 0) is 11.6 Å². The molecule has 2 aromatic rings. The smallest absolute Gasteiger partial charge is 0.164 e. The van der Waals surface area contributed by atoms with Gasteiger partial charge in [0.25, 0.3) is 0 Å². The summed E-state index contributed by atoms with van der Waals surface area (Å²) in [7, 11) is 3.17. The van der Waals surface area contributed by atoms with E-state index in [1.165, 1.54) is 0 Å². The van der Waals surface area contributed by atoms with E-state index in [1.807, 2.05) is 36.4 Å². The number of ether oxygens (including phenoxy) is 3. The average molecular weight is 374 g/mol. The lowest BCUT2D eigenvalue weighted by atomic mass is 10.0. The van der Waals surface area contributed by atoms with E-state index in [2.05, 4.69) is 10.2 Å². The minimum Gasteiger partial charge on any atom is -0.493 e. The number of alkyl halides is 1. The van der Waals surface area contributed by atoms with Gasteiger partial charge in [0.2, 0.25) is 0 Å². The van der Waals surface area contributed by atoms with Gasteiger partial charge in [0.15, 0.2) is 11.5 Å². The van der Waals surface area contributed by atoms with Gasteiger partial charge in [0.1, 0.15) is 19.0 Å². The van der Waals surface area contributed by atoms with E-state index in [0.29, 0.717) is 23.9 Å². The van der Waals surface area contributed by atoms with Crippen LogP contribution < -0.4 is 19.5 Å². The Bertz CT molecular complexity index is 721. The lowest BCUT2D eigenvalue weighted by Crippen LogP contribution is -2.45. The summed E-state index contributed by atoms with van der Waals surface area (Å²) in [6.45, 7) is 3.21. The highest BCUT2D eigenvalue weighted by Crippen LogP contribution is 2.40. The maximum atomic E-state index is 14.1. The lowest BCUT2D eigenvalue weighted by molar-refractivity contribution is 0.143. The van der Waals surface area contributed by atoms with E-state index >= 15 is 0 Å². The summed E-state index contributed by atoms with van der Waals surface area (Å²) < 4.78 is 31.1. The van der Waals surface area contributed by atoms with Crippen LogP contribution in [0.3, 0.4) is 0 Å². The molecule has 3 rings (SSSR count). The van der Waals surface area contributed by atoms with Crippen LogP contribution >= 0.6 is 0 Å². The van der Waals surface area contributed by atoms with Crippen LogP contribution in [0.1, 0.15) is 17.2 Å². The summed E-state index contributed by atoms with van der Waals surface area (Å²) in [6, 6.07) is 13.2. The highest BCUT2D eigenvalue weighted by Gasteiger charge is 2.27. The second-order valence-corrected chi connectivity index (χ2v) is 6.48. The van der Waals surface area contributed by atoms with E-state index in [4.69, 9.17) is 14.2 Å². The molecule has 1 heterocycles. The van der Waals surface area contributed by atoms with Crippen molar-refractivity contribution < 1.29 is 18.6 Å². The quantitative estimate of drug-likeness (QED) is 0.769. The zero-order valence-corrected chi connectivity index (χ0v) is 15.9. The van der Waals surface area contributed by atoms with Crippen molar-refractivity contribution in [3.05, 3.63) is 53.6 Å². The molecule has 6 heteroatoms. The van der Waals surface area contributed by atoms with Gasteiger partial charge in [-0.1, -0.05) is 30.3 Å². The molecule has 0 aliphatic carbocycles. The fourth-order valence-electron chi connectivity index (χ4n) is 3.37. The van der Waals surface area contributed by atoms with Crippen LogP contribution in [-0.4, -0.2) is 52.0 Å². The van der Waals surface area contributed by atoms with Crippen LogP contribution in [0, 0.1) is 0 Å². The molecular weight excluding hydrogens is 347 g/mol. The molecule has 0 unspecified atom stereocenters. The Morgan fingerprint density at radius 2 is 1.67 bits per heavy atom. The molecular formula is C21H27FN2O3. The van der Waals surface area contributed by atoms with E-state index in [1.54, 1.807) is 20.3 Å². The Hall–Kier alpha value is -2.31. The van der Waals surface area contributed by atoms with Crippen molar-refractivity contribution in [3.63, 3.8) is 0 Å². The molecule has 0 bridgehead atoms. The van der Waals surface area contributed by atoms with Crippen molar-refractivity contribution >= 4 is 0 Å². The van der Waals surface area contributed by atoms with Gasteiger partial charge >= 0.3 is 0 Å². The molecule has 2 aromatic carbocycles. The molecule has 1 aliphatic rings. The number of halogens is 1. The largest absolute Gasteiger partial charge is 0.493 e. The summed E-state index contributed by atoms with van der Waals surface area (Å²) in [6.07, 6.45) is 0. The first-order valence-corrected chi connectivity index (χ1v) is 9.20. The number of hydrogen-bond donors (Lipinski definition) is 1. The number of nitrogens with zero attached hydrogens (tertiary/aromatic N) is 1. The first kappa shape index (κ1) is 19.5. The van der Waals surface area contributed by atoms with E-state index in [-0.39, 0.29) is 6.04 Å². The number of hydrogen-bond acceptors (Lipinski definition) is 5. The lowest BCUT2D eigenvalue weighted by Gasteiger charge is -2.34. The van der Waals surface area contributed by atoms with Crippen LogP contribution in [0.25, 0.3) is 0 Å². The van der Waals surface area contributed by atoms with Gasteiger partial charge < -0.3 is 19.5 Å². The SMILES string of the molecule is COc1cc(OCc2ccccc2)c([C@@H](CF)N2CCNCC2)cc1OC. The second kappa shape index (κ2) is 9.58. The molecule has 0 spiro atoms. The average Bonchev–Trinajstić information content (AvgIpc) is 2.74. The number of rotatable bonds is 8. The van der Waals surface area contributed by atoms with Crippen LogP contribution in [0.2, 0.25) is 0 Å². The normalized spacial score (nSPS) is 16.0.